The summed E-state index contributed by atoms with van der Waals surface area (Å²) in [6.45, 7) is 1.40. The van der Waals surface area contributed by atoms with Crippen molar-refractivity contribution in [1.29, 1.82) is 0 Å². The molecule has 3 atom stereocenters. The Kier molecular flexibility index (Phi) is 5.90. The molecule has 0 saturated heterocycles. The average Bonchev–Trinajstić information content (AvgIpc) is 3.53. The molecule has 1 fully saturated rings. The molecular weight excluding hydrogens is 414 g/mol. The third-order valence-corrected chi connectivity index (χ3v) is 5.88. The van der Waals surface area contributed by atoms with Crippen LogP contribution in [0.15, 0.2) is 30.3 Å². The Hall–Kier alpha value is -2.65. The number of rotatable bonds is 6. The summed E-state index contributed by atoms with van der Waals surface area (Å²) >= 11 is 0. The lowest BCUT2D eigenvalue weighted by molar-refractivity contribution is -0.133. The molecule has 3 N–H and O–H groups in total. The van der Waals surface area contributed by atoms with Gasteiger partial charge in [-0.3, -0.25) is 4.79 Å². The number of carbonyl (C=O) groups excluding carboxylic acids is 1. The summed E-state index contributed by atoms with van der Waals surface area (Å²) in [6, 6.07) is 3.81. The molecule has 0 bridgehead atoms. The number of amides is 1. The predicted octanol–water partition coefficient (Wildman–Crippen LogP) is 3.79. The van der Waals surface area contributed by atoms with Gasteiger partial charge in [0.05, 0.1) is 12.1 Å². The molecule has 1 heterocycles. The van der Waals surface area contributed by atoms with E-state index in [0.29, 0.717) is 6.42 Å². The van der Waals surface area contributed by atoms with Crippen LogP contribution in [-0.2, 0) is 11.3 Å². The minimum absolute atomic E-state index is 0.0246. The summed E-state index contributed by atoms with van der Waals surface area (Å²) < 4.78 is 55.3. The first-order valence-electron chi connectivity index (χ1n) is 10.2. The van der Waals surface area contributed by atoms with Gasteiger partial charge in [0.2, 0.25) is 5.91 Å². The van der Waals surface area contributed by atoms with Crippen LogP contribution in [0.2, 0.25) is 0 Å². The first kappa shape index (κ1) is 21.6. The monoisotopic (exact) mass is 437 g/mol. The van der Waals surface area contributed by atoms with Gasteiger partial charge in [-0.2, -0.15) is 0 Å². The fraction of sp³-hybridized carbons (Fsp3) is 0.409. The van der Waals surface area contributed by atoms with E-state index in [4.69, 9.17) is 0 Å². The standard InChI is InChI=1S/C22H23F4N3O2/c1-11(14-5-4-13(23)9-17(14)25)27-21(30)19(8-12-2-3-12)29-10-15-18(28-22(29)31)7-6-16(24)20(15)26/h4-7,9,11-12,19,22,28,31H,2-3,8,10H2,1H3,(H,27,30)/t11-,19-,22?/m1/s1. The highest BCUT2D eigenvalue weighted by Gasteiger charge is 2.39. The van der Waals surface area contributed by atoms with Crippen molar-refractivity contribution >= 4 is 11.6 Å². The number of halogens is 4. The zero-order valence-electron chi connectivity index (χ0n) is 16.8. The molecule has 1 saturated carbocycles. The highest BCUT2D eigenvalue weighted by atomic mass is 19.2. The van der Waals surface area contributed by atoms with Crippen molar-refractivity contribution in [3.8, 4) is 0 Å². The Bertz CT molecular complexity index is 999. The number of aliphatic hydroxyl groups is 1. The molecule has 0 aromatic heterocycles. The van der Waals surface area contributed by atoms with Crippen molar-refractivity contribution in [2.45, 2.75) is 51.2 Å². The lowest BCUT2D eigenvalue weighted by atomic mass is 10.0. The van der Waals surface area contributed by atoms with E-state index in [0.717, 1.165) is 31.0 Å². The van der Waals surface area contributed by atoms with Gasteiger partial charge in [0.25, 0.3) is 0 Å². The van der Waals surface area contributed by atoms with Gasteiger partial charge in [-0.25, -0.2) is 22.5 Å². The zero-order valence-corrected chi connectivity index (χ0v) is 16.8. The number of hydrogen-bond acceptors (Lipinski definition) is 4. The molecule has 5 nitrogen and oxygen atoms in total. The number of nitrogens with zero attached hydrogens (tertiary/aromatic N) is 1. The van der Waals surface area contributed by atoms with Gasteiger partial charge in [-0.1, -0.05) is 18.9 Å². The maximum Gasteiger partial charge on any atom is 0.238 e. The fourth-order valence-corrected chi connectivity index (χ4v) is 3.96. The molecule has 2 aliphatic rings. The molecule has 0 radical (unpaired) electrons. The van der Waals surface area contributed by atoms with Crippen LogP contribution in [0.4, 0.5) is 23.2 Å². The second kappa shape index (κ2) is 8.47. The van der Waals surface area contributed by atoms with Crippen LogP contribution < -0.4 is 10.6 Å². The van der Waals surface area contributed by atoms with Crippen molar-refractivity contribution in [1.82, 2.24) is 10.2 Å². The summed E-state index contributed by atoms with van der Waals surface area (Å²) in [4.78, 5) is 14.5. The van der Waals surface area contributed by atoms with Crippen LogP contribution in [0.3, 0.4) is 0 Å². The maximum atomic E-state index is 14.3. The summed E-state index contributed by atoms with van der Waals surface area (Å²) in [5.41, 5.74) is 0.405. The molecule has 1 aliphatic carbocycles. The predicted molar refractivity (Wildman–Crippen MR) is 106 cm³/mol. The van der Waals surface area contributed by atoms with Gasteiger partial charge in [-0.05, 0) is 37.5 Å². The minimum atomic E-state index is -1.29. The number of fused-ring (bicyclic) bond motifs is 1. The first-order valence-corrected chi connectivity index (χ1v) is 10.2. The van der Waals surface area contributed by atoms with Crippen molar-refractivity contribution in [2.24, 2.45) is 5.92 Å². The summed E-state index contributed by atoms with van der Waals surface area (Å²) in [6.07, 6.45) is 0.992. The normalized spacial score (nSPS) is 20.5. The van der Waals surface area contributed by atoms with Crippen molar-refractivity contribution < 1.29 is 27.5 Å². The van der Waals surface area contributed by atoms with Crippen LogP contribution in [0.5, 0.6) is 0 Å². The molecule has 31 heavy (non-hydrogen) atoms. The van der Waals surface area contributed by atoms with E-state index < -0.39 is 47.6 Å². The number of nitrogens with one attached hydrogen (secondary N) is 2. The largest absolute Gasteiger partial charge is 0.361 e. The van der Waals surface area contributed by atoms with Gasteiger partial charge in [-0.15, -0.1) is 0 Å². The Morgan fingerprint density at radius 1 is 1.19 bits per heavy atom. The van der Waals surface area contributed by atoms with Crippen LogP contribution in [-0.4, -0.2) is 28.3 Å². The van der Waals surface area contributed by atoms with Gasteiger partial charge in [0.15, 0.2) is 18.0 Å². The molecular formula is C22H23F4N3O2. The molecule has 2 aromatic carbocycles. The maximum absolute atomic E-state index is 14.3. The Labute approximate surface area is 177 Å². The van der Waals surface area contributed by atoms with Crippen LogP contribution in [0.25, 0.3) is 0 Å². The van der Waals surface area contributed by atoms with Crippen LogP contribution in [0.1, 0.15) is 43.4 Å². The van der Waals surface area contributed by atoms with E-state index in [-0.39, 0.29) is 29.3 Å². The minimum Gasteiger partial charge on any atom is -0.361 e. The number of anilines is 1. The van der Waals surface area contributed by atoms with Gasteiger partial charge in [0, 0.05) is 29.4 Å². The van der Waals surface area contributed by atoms with E-state index in [1.807, 2.05) is 0 Å². The Morgan fingerprint density at radius 3 is 2.61 bits per heavy atom. The lowest BCUT2D eigenvalue weighted by Gasteiger charge is -2.39. The SMILES string of the molecule is C[C@@H](NC(=O)[C@@H](CC1CC1)N1Cc2c(ccc(F)c2F)NC1O)c1ccc(F)cc1F. The molecule has 4 rings (SSSR count). The Balaban J connectivity index is 1.56. The first-order chi connectivity index (χ1) is 14.7. The zero-order chi connectivity index (χ0) is 22.3. The fourth-order valence-electron chi connectivity index (χ4n) is 3.96. The average molecular weight is 437 g/mol. The van der Waals surface area contributed by atoms with E-state index in [2.05, 4.69) is 10.6 Å². The molecule has 2 aromatic rings. The molecule has 9 heteroatoms. The highest BCUT2D eigenvalue weighted by Crippen LogP contribution is 2.37. The topological polar surface area (TPSA) is 64.6 Å². The van der Waals surface area contributed by atoms with E-state index in [9.17, 15) is 27.5 Å². The molecule has 0 spiro atoms. The van der Waals surface area contributed by atoms with Gasteiger partial charge < -0.3 is 15.7 Å². The van der Waals surface area contributed by atoms with Crippen molar-refractivity contribution in [3.05, 3.63) is 64.7 Å². The third kappa shape index (κ3) is 4.52. The van der Waals surface area contributed by atoms with Crippen LogP contribution in [0, 0.1) is 29.2 Å². The van der Waals surface area contributed by atoms with Gasteiger partial charge in [0.1, 0.15) is 11.6 Å². The second-order valence-corrected chi connectivity index (χ2v) is 8.17. The highest BCUT2D eigenvalue weighted by molar-refractivity contribution is 5.82. The smallest absolute Gasteiger partial charge is 0.238 e. The number of aliphatic hydroxyl groups excluding tert-OH is 1. The van der Waals surface area contributed by atoms with Crippen LogP contribution >= 0.6 is 0 Å². The number of carbonyl (C=O) groups is 1. The van der Waals surface area contributed by atoms with Gasteiger partial charge >= 0.3 is 0 Å². The lowest BCUT2D eigenvalue weighted by Crippen LogP contribution is -2.55. The number of hydrogen-bond donors (Lipinski definition) is 3. The summed E-state index contributed by atoms with van der Waals surface area (Å²) in [5.74, 6) is -3.75. The summed E-state index contributed by atoms with van der Waals surface area (Å²) in [7, 11) is 0. The van der Waals surface area contributed by atoms with Crippen molar-refractivity contribution in [3.63, 3.8) is 0 Å². The second-order valence-electron chi connectivity index (χ2n) is 8.17. The molecule has 1 aliphatic heterocycles. The number of benzene rings is 2. The van der Waals surface area contributed by atoms with Crippen molar-refractivity contribution in [2.75, 3.05) is 5.32 Å². The van der Waals surface area contributed by atoms with E-state index in [1.54, 1.807) is 6.92 Å². The third-order valence-electron chi connectivity index (χ3n) is 5.88. The van der Waals surface area contributed by atoms with E-state index >= 15 is 0 Å². The Morgan fingerprint density at radius 2 is 1.94 bits per heavy atom. The molecule has 1 unspecified atom stereocenters. The van der Waals surface area contributed by atoms with E-state index in [1.165, 1.54) is 17.0 Å². The molecule has 1 amide bonds. The molecule has 166 valence electrons. The quantitative estimate of drug-likeness (QED) is 0.602. The summed E-state index contributed by atoms with van der Waals surface area (Å²) in [5, 5.41) is 16.0.